The molecule has 0 bridgehead atoms. The lowest BCUT2D eigenvalue weighted by atomic mass is 9.73. The molecule has 0 saturated heterocycles. The maximum absolute atomic E-state index is 13.9. The van der Waals surface area contributed by atoms with Crippen LogP contribution in [0.1, 0.15) is 95.6 Å². The molecular formula is C32H49O9P. The fraction of sp³-hybridized carbons (Fsp3) is 0.656. The Hall–Kier alpha value is -2.00. The summed E-state index contributed by atoms with van der Waals surface area (Å²) in [5.74, 6) is -0.598. The van der Waals surface area contributed by atoms with E-state index in [0.717, 1.165) is 49.7 Å². The van der Waals surface area contributed by atoms with Crippen molar-refractivity contribution in [3.63, 3.8) is 0 Å². The number of hydrogen-bond donors (Lipinski definition) is 2. The number of rotatable bonds is 17. The summed E-state index contributed by atoms with van der Waals surface area (Å²) in [4.78, 5) is 24.4. The number of allylic oxidation sites excluding steroid dienone is 3. The molecule has 1 aromatic rings. The first-order valence-electron chi connectivity index (χ1n) is 15.2. The third-order valence-corrected chi connectivity index (χ3v) is 9.24. The minimum absolute atomic E-state index is 0.0665. The van der Waals surface area contributed by atoms with Gasteiger partial charge in [-0.05, 0) is 88.8 Å². The Morgan fingerprint density at radius 2 is 1.86 bits per heavy atom. The van der Waals surface area contributed by atoms with E-state index in [4.69, 9.17) is 23.3 Å². The van der Waals surface area contributed by atoms with Crippen LogP contribution in [0.25, 0.3) is 0 Å². The standard InChI is InChI=1S/C32H49O9P/c1-6-7-8-11-25-21-28(33)30(27-20-24(4)12-13-26(27)23(2)3)29(22-25)40-31(34)32(14-9-10-15-32)41-42(35,36)39-19-18-38-17-16-37-5/h20-22,26-27,33H,2,6-19H2,1,3-5H3,(H,35,36)/t26-,27+/m0/s1. The van der Waals surface area contributed by atoms with Crippen LogP contribution in [0.4, 0.5) is 0 Å². The van der Waals surface area contributed by atoms with Crippen molar-refractivity contribution < 1.29 is 42.6 Å². The molecule has 2 N–H and O–H groups in total. The van der Waals surface area contributed by atoms with Gasteiger partial charge in [0.25, 0.3) is 0 Å². The minimum Gasteiger partial charge on any atom is -0.507 e. The molecule has 3 rings (SSSR count). The number of methoxy groups -OCH3 is 1. The zero-order valence-corrected chi connectivity index (χ0v) is 26.6. The fourth-order valence-electron chi connectivity index (χ4n) is 5.89. The SMILES string of the molecule is C=C(C)[C@@H]1CCC(C)=C[C@H]1c1c(O)cc(CCCCC)cc1OC(=O)C1(OP(=O)(O)OCCOCCOC)CCCC1. The molecule has 0 heterocycles. The Kier molecular flexibility index (Phi) is 13.3. The molecule has 10 heteroatoms. The molecular weight excluding hydrogens is 559 g/mol. The second kappa shape index (κ2) is 16.2. The summed E-state index contributed by atoms with van der Waals surface area (Å²) in [6, 6.07) is 3.59. The average Bonchev–Trinajstić information content (AvgIpc) is 3.39. The third kappa shape index (κ3) is 9.50. The average molecular weight is 609 g/mol. The van der Waals surface area contributed by atoms with Gasteiger partial charge in [-0.1, -0.05) is 43.6 Å². The first-order valence-corrected chi connectivity index (χ1v) is 16.7. The topological polar surface area (TPSA) is 121 Å². The summed E-state index contributed by atoms with van der Waals surface area (Å²) in [6.07, 6.45) is 9.39. The lowest BCUT2D eigenvalue weighted by Gasteiger charge is -2.33. The van der Waals surface area contributed by atoms with E-state index in [9.17, 15) is 19.4 Å². The highest BCUT2D eigenvalue weighted by Crippen LogP contribution is 2.53. The molecule has 1 saturated carbocycles. The summed E-state index contributed by atoms with van der Waals surface area (Å²) in [6.45, 7) is 11.0. The lowest BCUT2D eigenvalue weighted by Crippen LogP contribution is -2.41. The number of esters is 1. The number of carbonyl (C=O) groups is 1. The molecule has 0 aromatic heterocycles. The van der Waals surface area contributed by atoms with E-state index >= 15 is 0 Å². The molecule has 236 valence electrons. The van der Waals surface area contributed by atoms with Gasteiger partial charge < -0.3 is 24.2 Å². The smallest absolute Gasteiger partial charge is 0.473 e. The number of hydrogen-bond acceptors (Lipinski definition) is 8. The van der Waals surface area contributed by atoms with Crippen LogP contribution in [0.3, 0.4) is 0 Å². The number of phosphoric acid groups is 1. The Balaban J connectivity index is 1.90. The molecule has 42 heavy (non-hydrogen) atoms. The highest BCUT2D eigenvalue weighted by atomic mass is 31.2. The van der Waals surface area contributed by atoms with Gasteiger partial charge in [-0.3, -0.25) is 9.05 Å². The quantitative estimate of drug-likeness (QED) is 0.0624. The van der Waals surface area contributed by atoms with Crippen LogP contribution in [0.5, 0.6) is 11.5 Å². The van der Waals surface area contributed by atoms with E-state index in [1.54, 1.807) is 13.2 Å². The fourth-order valence-corrected chi connectivity index (χ4v) is 6.95. The third-order valence-electron chi connectivity index (χ3n) is 8.15. The summed E-state index contributed by atoms with van der Waals surface area (Å²) < 4.78 is 39.9. The van der Waals surface area contributed by atoms with E-state index in [0.29, 0.717) is 31.6 Å². The van der Waals surface area contributed by atoms with Crippen LogP contribution in [-0.2, 0) is 34.3 Å². The zero-order valence-electron chi connectivity index (χ0n) is 25.7. The molecule has 0 radical (unpaired) electrons. The van der Waals surface area contributed by atoms with Gasteiger partial charge in [-0.15, -0.1) is 0 Å². The Labute approximate surface area is 250 Å². The highest BCUT2D eigenvalue weighted by Gasteiger charge is 2.50. The van der Waals surface area contributed by atoms with E-state index in [-0.39, 0.29) is 49.4 Å². The normalized spacial score (nSPS) is 21.5. The highest BCUT2D eigenvalue weighted by molar-refractivity contribution is 7.47. The molecule has 2 aliphatic rings. The van der Waals surface area contributed by atoms with Crippen molar-refractivity contribution in [3.05, 3.63) is 47.1 Å². The van der Waals surface area contributed by atoms with E-state index in [1.165, 1.54) is 5.57 Å². The predicted molar refractivity (Wildman–Crippen MR) is 162 cm³/mol. The molecule has 2 aliphatic carbocycles. The number of aryl methyl sites for hydroxylation is 1. The van der Waals surface area contributed by atoms with Crippen LogP contribution in [-0.4, -0.2) is 55.1 Å². The van der Waals surface area contributed by atoms with Crippen LogP contribution >= 0.6 is 7.82 Å². The lowest BCUT2D eigenvalue weighted by molar-refractivity contribution is -0.153. The van der Waals surface area contributed by atoms with Crippen molar-refractivity contribution in [2.75, 3.05) is 33.5 Å². The van der Waals surface area contributed by atoms with Crippen molar-refractivity contribution >= 4 is 13.8 Å². The Morgan fingerprint density at radius 3 is 2.52 bits per heavy atom. The van der Waals surface area contributed by atoms with Crippen molar-refractivity contribution in [2.45, 2.75) is 96.5 Å². The van der Waals surface area contributed by atoms with Crippen LogP contribution in [0, 0.1) is 5.92 Å². The van der Waals surface area contributed by atoms with Gasteiger partial charge in [-0.2, -0.15) is 0 Å². The summed E-state index contributed by atoms with van der Waals surface area (Å²) in [5, 5.41) is 11.4. The van der Waals surface area contributed by atoms with Gasteiger partial charge in [0.15, 0.2) is 5.60 Å². The molecule has 1 unspecified atom stereocenters. The zero-order chi connectivity index (χ0) is 30.8. The molecule has 0 amide bonds. The van der Waals surface area contributed by atoms with Crippen LogP contribution < -0.4 is 4.74 Å². The summed E-state index contributed by atoms with van der Waals surface area (Å²) in [5.41, 5.74) is 1.94. The second-order valence-corrected chi connectivity index (χ2v) is 13.0. The first kappa shape index (κ1) is 34.5. The Morgan fingerprint density at radius 1 is 1.14 bits per heavy atom. The summed E-state index contributed by atoms with van der Waals surface area (Å²) in [7, 11) is -3.06. The van der Waals surface area contributed by atoms with Crippen LogP contribution in [0.2, 0.25) is 0 Å². The van der Waals surface area contributed by atoms with Crippen molar-refractivity contribution in [3.8, 4) is 11.5 Å². The van der Waals surface area contributed by atoms with Gasteiger partial charge in [0.05, 0.1) is 26.4 Å². The number of unbranched alkanes of at least 4 members (excludes halogenated alkanes) is 2. The van der Waals surface area contributed by atoms with Crippen molar-refractivity contribution in [1.82, 2.24) is 0 Å². The van der Waals surface area contributed by atoms with E-state index in [1.807, 2.05) is 13.0 Å². The second-order valence-electron chi connectivity index (χ2n) is 11.6. The number of carbonyl (C=O) groups excluding carboxylic acids is 1. The van der Waals surface area contributed by atoms with Gasteiger partial charge in [0.2, 0.25) is 0 Å². The molecule has 0 spiro atoms. The number of phenolic OH excluding ortho intramolecular Hbond substituents is 1. The summed E-state index contributed by atoms with van der Waals surface area (Å²) >= 11 is 0. The number of ether oxygens (including phenoxy) is 3. The number of aromatic hydroxyl groups is 1. The van der Waals surface area contributed by atoms with Gasteiger partial charge in [0, 0.05) is 18.6 Å². The molecule has 9 nitrogen and oxygen atoms in total. The van der Waals surface area contributed by atoms with Crippen LogP contribution in [0.15, 0.2) is 35.9 Å². The van der Waals surface area contributed by atoms with E-state index in [2.05, 4.69) is 26.5 Å². The largest absolute Gasteiger partial charge is 0.507 e. The van der Waals surface area contributed by atoms with Crippen molar-refractivity contribution in [1.29, 1.82) is 0 Å². The van der Waals surface area contributed by atoms with Gasteiger partial charge in [-0.25, -0.2) is 9.36 Å². The predicted octanol–water partition coefficient (Wildman–Crippen LogP) is 7.16. The van der Waals surface area contributed by atoms with Crippen molar-refractivity contribution in [2.24, 2.45) is 5.92 Å². The minimum atomic E-state index is -4.61. The number of benzene rings is 1. The molecule has 1 aromatic carbocycles. The van der Waals surface area contributed by atoms with Gasteiger partial charge >= 0.3 is 13.8 Å². The number of phosphoric ester groups is 1. The molecule has 0 aliphatic heterocycles. The monoisotopic (exact) mass is 608 g/mol. The molecule has 3 atom stereocenters. The maximum Gasteiger partial charge on any atom is 0.473 e. The number of phenols is 1. The van der Waals surface area contributed by atoms with E-state index < -0.39 is 19.4 Å². The Bertz CT molecular complexity index is 1140. The first-order chi connectivity index (χ1) is 20.0. The molecule has 1 fully saturated rings. The van der Waals surface area contributed by atoms with Gasteiger partial charge in [0.1, 0.15) is 11.5 Å². The maximum atomic E-state index is 13.9.